The van der Waals surface area contributed by atoms with Crippen LogP contribution in [0.1, 0.15) is 11.3 Å². The highest BCUT2D eigenvalue weighted by atomic mass is 32.1. The minimum absolute atomic E-state index is 0.0585. The van der Waals surface area contributed by atoms with Crippen LogP contribution in [0, 0.1) is 6.92 Å². The molecule has 0 unspecified atom stereocenters. The van der Waals surface area contributed by atoms with Crippen LogP contribution in [0.25, 0.3) is 32.0 Å². The SMILES string of the molecule is COCc1cc(C)nc2sc3c(c12)NC(=O)Cn1c-3nc2ccccc21. The van der Waals surface area contributed by atoms with Crippen LogP contribution >= 0.6 is 11.3 Å². The van der Waals surface area contributed by atoms with Gasteiger partial charge in [0.2, 0.25) is 5.91 Å². The molecule has 1 aliphatic heterocycles. The zero-order chi connectivity index (χ0) is 17.8. The normalized spacial score (nSPS) is 13.5. The number of ether oxygens (including phenoxy) is 1. The molecule has 0 radical (unpaired) electrons. The molecule has 0 spiro atoms. The number of hydrogen-bond acceptors (Lipinski definition) is 5. The van der Waals surface area contributed by atoms with Gasteiger partial charge in [-0.2, -0.15) is 0 Å². The highest BCUT2D eigenvalue weighted by molar-refractivity contribution is 7.22. The Balaban J connectivity index is 1.88. The number of benzene rings is 1. The summed E-state index contributed by atoms with van der Waals surface area (Å²) < 4.78 is 7.35. The fraction of sp³-hybridized carbons (Fsp3) is 0.211. The first-order chi connectivity index (χ1) is 12.7. The summed E-state index contributed by atoms with van der Waals surface area (Å²) in [6.07, 6.45) is 0. The van der Waals surface area contributed by atoms with Gasteiger partial charge in [0.15, 0.2) is 5.82 Å². The zero-order valence-corrected chi connectivity index (χ0v) is 15.2. The molecule has 1 N–H and O–H groups in total. The molecule has 4 aromatic rings. The number of aromatic nitrogens is 3. The molecule has 0 saturated heterocycles. The van der Waals surface area contributed by atoms with Crippen molar-refractivity contribution in [3.8, 4) is 10.7 Å². The van der Waals surface area contributed by atoms with Crippen LogP contribution in [0.3, 0.4) is 0 Å². The summed E-state index contributed by atoms with van der Waals surface area (Å²) in [5.74, 6) is 0.750. The van der Waals surface area contributed by atoms with Crippen LogP contribution in [0.5, 0.6) is 0 Å². The van der Waals surface area contributed by atoms with Crippen molar-refractivity contribution in [1.29, 1.82) is 0 Å². The summed E-state index contributed by atoms with van der Waals surface area (Å²) in [6, 6.07) is 9.91. The number of para-hydroxylation sites is 2. The summed E-state index contributed by atoms with van der Waals surface area (Å²) in [5, 5.41) is 4.03. The van der Waals surface area contributed by atoms with Gasteiger partial charge in [-0.1, -0.05) is 12.1 Å². The molecule has 26 heavy (non-hydrogen) atoms. The first-order valence-corrected chi connectivity index (χ1v) is 9.15. The van der Waals surface area contributed by atoms with Crippen molar-refractivity contribution in [3.05, 3.63) is 41.6 Å². The molecule has 0 fully saturated rings. The fourth-order valence-electron chi connectivity index (χ4n) is 3.59. The number of fused-ring (bicyclic) bond motifs is 7. The standard InChI is InChI=1S/C19H16N4O2S/c1-10-7-11(9-25-2)15-16-17(26-19(15)20-10)18-21-12-5-3-4-6-13(12)23(18)8-14(24)22-16/h3-7H,8-9H2,1-2H3,(H,22,24). The molecule has 6 nitrogen and oxygen atoms in total. The average molecular weight is 364 g/mol. The molecule has 1 aliphatic rings. The minimum Gasteiger partial charge on any atom is -0.380 e. The number of aryl methyl sites for hydroxylation is 1. The van der Waals surface area contributed by atoms with Crippen LogP contribution in [-0.4, -0.2) is 27.6 Å². The van der Waals surface area contributed by atoms with Crippen molar-refractivity contribution in [1.82, 2.24) is 14.5 Å². The van der Waals surface area contributed by atoms with Crippen molar-refractivity contribution < 1.29 is 9.53 Å². The molecule has 130 valence electrons. The Morgan fingerprint density at radius 2 is 2.15 bits per heavy atom. The first kappa shape index (κ1) is 15.5. The molecule has 7 heteroatoms. The Hall–Kier alpha value is -2.77. The molecular formula is C19H16N4O2S. The highest BCUT2D eigenvalue weighted by Crippen LogP contribution is 2.45. The first-order valence-electron chi connectivity index (χ1n) is 8.33. The lowest BCUT2D eigenvalue weighted by Gasteiger charge is -2.07. The number of pyridine rings is 1. The summed E-state index contributed by atoms with van der Waals surface area (Å²) in [6.45, 7) is 2.68. The van der Waals surface area contributed by atoms with E-state index in [2.05, 4.69) is 10.3 Å². The number of hydrogen-bond donors (Lipinski definition) is 1. The van der Waals surface area contributed by atoms with E-state index in [-0.39, 0.29) is 12.5 Å². The fourth-order valence-corrected chi connectivity index (χ4v) is 4.81. The Morgan fingerprint density at radius 3 is 3.00 bits per heavy atom. The number of methoxy groups -OCH3 is 1. The van der Waals surface area contributed by atoms with Gasteiger partial charge in [0, 0.05) is 18.2 Å². The molecule has 0 saturated carbocycles. The van der Waals surface area contributed by atoms with Gasteiger partial charge < -0.3 is 14.6 Å². The van der Waals surface area contributed by atoms with Crippen molar-refractivity contribution in [3.63, 3.8) is 0 Å². The second-order valence-corrected chi connectivity index (χ2v) is 7.40. The Bertz CT molecular complexity index is 1190. The van der Waals surface area contributed by atoms with Gasteiger partial charge in [0.25, 0.3) is 0 Å². The summed E-state index contributed by atoms with van der Waals surface area (Å²) >= 11 is 1.56. The molecule has 5 rings (SSSR count). The van der Waals surface area contributed by atoms with E-state index in [1.807, 2.05) is 41.8 Å². The molecule has 1 amide bonds. The van der Waals surface area contributed by atoms with Gasteiger partial charge in [-0.05, 0) is 30.7 Å². The van der Waals surface area contributed by atoms with Gasteiger partial charge in [-0.15, -0.1) is 11.3 Å². The molecular weight excluding hydrogens is 348 g/mol. The summed E-state index contributed by atoms with van der Waals surface area (Å²) in [5.41, 5.74) is 4.60. The smallest absolute Gasteiger partial charge is 0.244 e. The van der Waals surface area contributed by atoms with Crippen molar-refractivity contribution in [2.75, 3.05) is 12.4 Å². The van der Waals surface area contributed by atoms with E-state index in [9.17, 15) is 4.79 Å². The van der Waals surface area contributed by atoms with E-state index in [4.69, 9.17) is 9.72 Å². The van der Waals surface area contributed by atoms with E-state index in [1.54, 1.807) is 18.4 Å². The lowest BCUT2D eigenvalue weighted by Crippen LogP contribution is -2.16. The van der Waals surface area contributed by atoms with E-state index in [0.717, 1.165) is 48.9 Å². The molecule has 0 atom stereocenters. The van der Waals surface area contributed by atoms with E-state index >= 15 is 0 Å². The number of amides is 1. The van der Waals surface area contributed by atoms with Gasteiger partial charge >= 0.3 is 0 Å². The largest absolute Gasteiger partial charge is 0.380 e. The molecule has 4 heterocycles. The lowest BCUT2D eigenvalue weighted by atomic mass is 10.1. The second kappa shape index (κ2) is 5.62. The number of thiophene rings is 1. The van der Waals surface area contributed by atoms with Gasteiger partial charge in [-0.25, -0.2) is 9.97 Å². The maximum Gasteiger partial charge on any atom is 0.244 e. The number of nitrogens with zero attached hydrogens (tertiary/aromatic N) is 3. The molecule has 1 aromatic carbocycles. The number of carbonyl (C=O) groups excluding carboxylic acids is 1. The van der Waals surface area contributed by atoms with Crippen LogP contribution in [0.15, 0.2) is 30.3 Å². The third-order valence-electron chi connectivity index (χ3n) is 4.60. The monoisotopic (exact) mass is 364 g/mol. The third-order valence-corrected chi connectivity index (χ3v) is 5.67. The Kier molecular flexibility index (Phi) is 3.35. The quantitative estimate of drug-likeness (QED) is 0.589. The Labute approximate surface area is 153 Å². The van der Waals surface area contributed by atoms with Crippen LogP contribution in [-0.2, 0) is 22.7 Å². The predicted octanol–water partition coefficient (Wildman–Crippen LogP) is 3.72. The van der Waals surface area contributed by atoms with Crippen molar-refractivity contribution in [2.45, 2.75) is 20.1 Å². The van der Waals surface area contributed by atoms with E-state index < -0.39 is 0 Å². The maximum atomic E-state index is 12.6. The lowest BCUT2D eigenvalue weighted by molar-refractivity contribution is -0.116. The average Bonchev–Trinajstić information content (AvgIpc) is 3.10. The molecule has 0 aliphatic carbocycles. The maximum absolute atomic E-state index is 12.6. The van der Waals surface area contributed by atoms with Crippen molar-refractivity contribution in [2.24, 2.45) is 0 Å². The van der Waals surface area contributed by atoms with Gasteiger partial charge in [-0.3, -0.25) is 4.79 Å². The number of rotatable bonds is 2. The number of imidazole rings is 1. The summed E-state index contributed by atoms with van der Waals surface area (Å²) in [7, 11) is 1.67. The highest BCUT2D eigenvalue weighted by Gasteiger charge is 2.27. The van der Waals surface area contributed by atoms with E-state index in [0.29, 0.717) is 6.61 Å². The number of nitrogens with one attached hydrogen (secondary N) is 1. The predicted molar refractivity (Wildman–Crippen MR) is 102 cm³/mol. The number of anilines is 1. The van der Waals surface area contributed by atoms with Crippen LogP contribution < -0.4 is 5.32 Å². The number of carbonyl (C=O) groups is 1. The Morgan fingerprint density at radius 1 is 1.31 bits per heavy atom. The topological polar surface area (TPSA) is 69.0 Å². The van der Waals surface area contributed by atoms with Gasteiger partial charge in [0.1, 0.15) is 11.4 Å². The molecule has 0 bridgehead atoms. The van der Waals surface area contributed by atoms with Gasteiger partial charge in [0.05, 0.1) is 28.2 Å². The van der Waals surface area contributed by atoms with Crippen LogP contribution in [0.2, 0.25) is 0 Å². The second-order valence-electron chi connectivity index (χ2n) is 6.40. The van der Waals surface area contributed by atoms with E-state index in [1.165, 1.54) is 0 Å². The molecule has 3 aromatic heterocycles. The summed E-state index contributed by atoms with van der Waals surface area (Å²) in [4.78, 5) is 23.9. The third kappa shape index (κ3) is 2.17. The minimum atomic E-state index is -0.0585. The van der Waals surface area contributed by atoms with Crippen LogP contribution in [0.4, 0.5) is 5.69 Å². The van der Waals surface area contributed by atoms with Crippen molar-refractivity contribution >= 4 is 44.2 Å². The zero-order valence-electron chi connectivity index (χ0n) is 14.4.